The number of furan rings is 1. The van der Waals surface area contributed by atoms with Crippen molar-refractivity contribution in [3.8, 4) is 0 Å². The maximum absolute atomic E-state index is 10.8. The summed E-state index contributed by atoms with van der Waals surface area (Å²) >= 11 is 0. The maximum Gasteiger partial charge on any atom is 0.371 e. The molecule has 2 heterocycles. The normalized spacial score (nSPS) is 24.5. The van der Waals surface area contributed by atoms with E-state index in [4.69, 9.17) is 20.0 Å². The number of nitrogens with zero attached hydrogens (tertiary/aromatic N) is 1. The number of carbonyl (C=O) groups is 1. The fraction of sp³-hybridized carbons (Fsp3) is 0.615. The minimum Gasteiger partial charge on any atom is -0.475 e. The Morgan fingerprint density at radius 3 is 3.00 bits per heavy atom. The van der Waals surface area contributed by atoms with E-state index in [1.807, 2.05) is 0 Å². The van der Waals surface area contributed by atoms with Crippen LogP contribution in [-0.4, -0.2) is 48.3 Å². The first-order chi connectivity index (χ1) is 9.13. The topological polar surface area (TPSA) is 88.9 Å². The zero-order valence-corrected chi connectivity index (χ0v) is 11.0. The quantitative estimate of drug-likeness (QED) is 0.825. The van der Waals surface area contributed by atoms with Gasteiger partial charge >= 0.3 is 5.97 Å². The monoisotopic (exact) mass is 268 g/mol. The predicted molar refractivity (Wildman–Crippen MR) is 69.0 cm³/mol. The van der Waals surface area contributed by atoms with Gasteiger partial charge in [0.15, 0.2) is 0 Å². The van der Waals surface area contributed by atoms with E-state index in [0.29, 0.717) is 18.8 Å². The van der Waals surface area contributed by atoms with Crippen LogP contribution in [0.25, 0.3) is 0 Å². The molecule has 6 nitrogen and oxygen atoms in total. The lowest BCUT2D eigenvalue weighted by molar-refractivity contribution is 0.00781. The van der Waals surface area contributed by atoms with Crippen LogP contribution < -0.4 is 5.73 Å². The van der Waals surface area contributed by atoms with Crippen LogP contribution in [0.2, 0.25) is 0 Å². The van der Waals surface area contributed by atoms with Gasteiger partial charge in [0.05, 0.1) is 12.6 Å². The smallest absolute Gasteiger partial charge is 0.371 e. The minimum absolute atomic E-state index is 0.0222. The Morgan fingerprint density at radius 2 is 2.42 bits per heavy atom. The van der Waals surface area contributed by atoms with Crippen LogP contribution in [0.5, 0.6) is 0 Å². The van der Waals surface area contributed by atoms with E-state index in [9.17, 15) is 4.79 Å². The fourth-order valence-electron chi connectivity index (χ4n) is 2.51. The Balaban J connectivity index is 1.99. The van der Waals surface area contributed by atoms with Crippen LogP contribution in [0.4, 0.5) is 0 Å². The van der Waals surface area contributed by atoms with Gasteiger partial charge in [0, 0.05) is 26.2 Å². The summed E-state index contributed by atoms with van der Waals surface area (Å²) in [5.41, 5.74) is 5.80. The first-order valence-corrected chi connectivity index (χ1v) is 6.43. The number of aromatic carboxylic acids is 1. The summed E-state index contributed by atoms with van der Waals surface area (Å²) in [4.78, 5) is 13.0. The summed E-state index contributed by atoms with van der Waals surface area (Å²) in [6, 6.07) is 3.44. The summed E-state index contributed by atoms with van der Waals surface area (Å²) in [5.74, 6) is -0.405. The number of hydrogen-bond donors (Lipinski definition) is 2. The summed E-state index contributed by atoms with van der Waals surface area (Å²) in [6.07, 6.45) is 2.12. The second-order valence-electron chi connectivity index (χ2n) is 4.81. The van der Waals surface area contributed by atoms with Gasteiger partial charge in [-0.15, -0.1) is 0 Å². The van der Waals surface area contributed by atoms with Crippen LogP contribution in [0.15, 0.2) is 16.5 Å². The molecule has 106 valence electrons. The molecule has 1 aromatic rings. The van der Waals surface area contributed by atoms with Gasteiger partial charge in [-0.05, 0) is 25.0 Å². The average Bonchev–Trinajstić information content (AvgIpc) is 2.88. The van der Waals surface area contributed by atoms with Gasteiger partial charge in [-0.25, -0.2) is 4.79 Å². The number of carboxylic acid groups (broad SMARTS) is 1. The molecule has 0 radical (unpaired) electrons. The minimum atomic E-state index is -1.04. The zero-order valence-electron chi connectivity index (χ0n) is 11.0. The van der Waals surface area contributed by atoms with Crippen LogP contribution in [0.1, 0.15) is 29.2 Å². The summed E-state index contributed by atoms with van der Waals surface area (Å²) < 4.78 is 10.7. The lowest BCUT2D eigenvalue weighted by Crippen LogP contribution is -2.47. The molecule has 1 aromatic heterocycles. The second kappa shape index (κ2) is 6.18. The van der Waals surface area contributed by atoms with Gasteiger partial charge in [-0.3, -0.25) is 4.90 Å². The summed E-state index contributed by atoms with van der Waals surface area (Å²) in [7, 11) is 1.72. The van der Waals surface area contributed by atoms with E-state index in [1.54, 1.807) is 13.2 Å². The third-order valence-electron chi connectivity index (χ3n) is 3.63. The SMILES string of the molecule is COC1CCN(Cc2ccc(C(=O)O)o2)C(CN)C1. The summed E-state index contributed by atoms with van der Waals surface area (Å²) in [6.45, 7) is 2.03. The van der Waals surface area contributed by atoms with Gasteiger partial charge in [-0.1, -0.05) is 0 Å². The molecule has 0 aliphatic carbocycles. The third kappa shape index (κ3) is 3.34. The van der Waals surface area contributed by atoms with E-state index in [2.05, 4.69) is 4.90 Å². The van der Waals surface area contributed by atoms with Crippen molar-refractivity contribution in [3.05, 3.63) is 23.7 Å². The van der Waals surface area contributed by atoms with Crippen molar-refractivity contribution < 1.29 is 19.1 Å². The molecule has 1 aliphatic rings. The lowest BCUT2D eigenvalue weighted by atomic mass is 9.99. The molecule has 1 saturated heterocycles. The molecule has 2 atom stereocenters. The van der Waals surface area contributed by atoms with Crippen LogP contribution >= 0.6 is 0 Å². The Bertz CT molecular complexity index is 432. The Morgan fingerprint density at radius 1 is 1.63 bits per heavy atom. The lowest BCUT2D eigenvalue weighted by Gasteiger charge is -2.37. The molecule has 3 N–H and O–H groups in total. The van der Waals surface area contributed by atoms with Crippen LogP contribution in [0.3, 0.4) is 0 Å². The Kier molecular flexibility index (Phi) is 4.57. The number of ether oxygens (including phenoxy) is 1. The van der Waals surface area contributed by atoms with Crippen molar-refractivity contribution in [2.24, 2.45) is 5.73 Å². The van der Waals surface area contributed by atoms with E-state index >= 15 is 0 Å². The molecule has 2 rings (SSSR count). The summed E-state index contributed by atoms with van der Waals surface area (Å²) in [5, 5.41) is 8.82. The number of nitrogens with two attached hydrogens (primary N) is 1. The molecule has 2 unspecified atom stereocenters. The first-order valence-electron chi connectivity index (χ1n) is 6.43. The molecular weight excluding hydrogens is 248 g/mol. The highest BCUT2D eigenvalue weighted by Crippen LogP contribution is 2.22. The van der Waals surface area contributed by atoms with Gasteiger partial charge in [0.25, 0.3) is 0 Å². The fourth-order valence-corrected chi connectivity index (χ4v) is 2.51. The Labute approximate surface area is 112 Å². The number of likely N-dealkylation sites (tertiary alicyclic amines) is 1. The number of rotatable bonds is 5. The van der Waals surface area contributed by atoms with Crippen molar-refractivity contribution in [1.29, 1.82) is 0 Å². The number of methoxy groups -OCH3 is 1. The van der Waals surface area contributed by atoms with Crippen molar-refractivity contribution >= 4 is 5.97 Å². The second-order valence-corrected chi connectivity index (χ2v) is 4.81. The number of carboxylic acids is 1. The molecule has 1 aliphatic heterocycles. The van der Waals surface area contributed by atoms with E-state index in [-0.39, 0.29) is 17.9 Å². The average molecular weight is 268 g/mol. The maximum atomic E-state index is 10.8. The standard InChI is InChI=1S/C13H20N2O4/c1-18-10-4-5-15(9(6-10)7-14)8-11-2-3-12(19-11)13(16)17/h2-3,9-10H,4-8,14H2,1H3,(H,16,17). The van der Waals surface area contributed by atoms with E-state index in [1.165, 1.54) is 6.07 Å². The van der Waals surface area contributed by atoms with Crippen LogP contribution in [-0.2, 0) is 11.3 Å². The highest BCUT2D eigenvalue weighted by molar-refractivity contribution is 5.84. The number of hydrogen-bond acceptors (Lipinski definition) is 5. The molecule has 0 bridgehead atoms. The zero-order chi connectivity index (χ0) is 13.8. The van der Waals surface area contributed by atoms with Crippen molar-refractivity contribution in [3.63, 3.8) is 0 Å². The number of piperidine rings is 1. The van der Waals surface area contributed by atoms with Gasteiger partial charge < -0.3 is 20.0 Å². The van der Waals surface area contributed by atoms with Gasteiger partial charge in [-0.2, -0.15) is 0 Å². The largest absolute Gasteiger partial charge is 0.475 e. The molecule has 0 aromatic carbocycles. The van der Waals surface area contributed by atoms with E-state index < -0.39 is 5.97 Å². The first kappa shape index (κ1) is 14.0. The molecule has 19 heavy (non-hydrogen) atoms. The predicted octanol–water partition coefficient (Wildman–Crippen LogP) is 0.916. The molecule has 6 heteroatoms. The molecule has 0 spiro atoms. The van der Waals surface area contributed by atoms with E-state index in [0.717, 1.165) is 19.4 Å². The van der Waals surface area contributed by atoms with Crippen molar-refractivity contribution in [1.82, 2.24) is 4.90 Å². The highest BCUT2D eigenvalue weighted by atomic mass is 16.5. The molecule has 0 amide bonds. The highest BCUT2D eigenvalue weighted by Gasteiger charge is 2.28. The molecule has 0 saturated carbocycles. The van der Waals surface area contributed by atoms with Gasteiger partial charge in [0.2, 0.25) is 5.76 Å². The van der Waals surface area contributed by atoms with Crippen LogP contribution in [0, 0.1) is 0 Å². The molecular formula is C13H20N2O4. The van der Waals surface area contributed by atoms with Crippen molar-refractivity contribution in [2.45, 2.75) is 31.5 Å². The third-order valence-corrected chi connectivity index (χ3v) is 3.63. The molecule has 1 fully saturated rings. The van der Waals surface area contributed by atoms with Crippen molar-refractivity contribution in [2.75, 3.05) is 20.2 Å². The Hall–Kier alpha value is -1.37. The van der Waals surface area contributed by atoms with Gasteiger partial charge in [0.1, 0.15) is 5.76 Å².